The monoisotopic (exact) mass is 292 g/mol. The number of nitrogens with one attached hydrogen (secondary N) is 1. The highest BCUT2D eigenvalue weighted by molar-refractivity contribution is 6.33. The molecule has 2 aromatic rings. The van der Waals surface area contributed by atoms with Crippen LogP contribution in [-0.2, 0) is 0 Å². The van der Waals surface area contributed by atoms with Crippen LogP contribution in [0.5, 0.6) is 0 Å². The molecule has 20 heavy (non-hydrogen) atoms. The van der Waals surface area contributed by atoms with E-state index in [-0.39, 0.29) is 11.6 Å². The zero-order valence-electron chi connectivity index (χ0n) is 11.2. The molecule has 0 radical (unpaired) electrons. The molecule has 0 bridgehead atoms. The van der Waals surface area contributed by atoms with E-state index in [1.165, 1.54) is 12.1 Å². The Morgan fingerprint density at radius 1 is 1.35 bits per heavy atom. The van der Waals surface area contributed by atoms with E-state index in [1.54, 1.807) is 24.4 Å². The molecule has 1 aromatic carbocycles. The number of halogens is 2. The molecule has 0 fully saturated rings. The van der Waals surface area contributed by atoms with E-state index in [2.05, 4.69) is 10.3 Å². The van der Waals surface area contributed by atoms with Crippen molar-refractivity contribution >= 4 is 17.5 Å². The fourth-order valence-corrected chi connectivity index (χ4v) is 2.02. The van der Waals surface area contributed by atoms with Gasteiger partial charge in [0.2, 0.25) is 0 Å². The van der Waals surface area contributed by atoms with E-state index in [4.69, 9.17) is 11.6 Å². The van der Waals surface area contributed by atoms with Crippen molar-refractivity contribution in [2.24, 2.45) is 0 Å². The molecule has 0 saturated carbocycles. The lowest BCUT2D eigenvalue weighted by atomic mass is 10.1. The summed E-state index contributed by atoms with van der Waals surface area (Å²) in [4.78, 5) is 15.9. The summed E-state index contributed by atoms with van der Waals surface area (Å²) in [6.45, 7) is 3.63. The first-order valence-electron chi connectivity index (χ1n) is 6.20. The predicted octanol–water partition coefficient (Wildman–Crippen LogP) is 3.68. The fourth-order valence-electron chi connectivity index (χ4n) is 1.78. The van der Waals surface area contributed by atoms with Gasteiger partial charge in [-0.05, 0) is 38.1 Å². The molecule has 2 rings (SSSR count). The number of nitrogens with zero attached hydrogens (tertiary/aromatic N) is 1. The van der Waals surface area contributed by atoms with Gasteiger partial charge in [0.15, 0.2) is 0 Å². The second kappa shape index (κ2) is 6.01. The Morgan fingerprint density at radius 2 is 2.10 bits per heavy atom. The zero-order valence-corrected chi connectivity index (χ0v) is 11.9. The van der Waals surface area contributed by atoms with Crippen LogP contribution < -0.4 is 5.32 Å². The average molecular weight is 293 g/mol. The van der Waals surface area contributed by atoms with Gasteiger partial charge in [0, 0.05) is 17.8 Å². The second-order valence-electron chi connectivity index (χ2n) is 4.66. The molecule has 1 N–H and O–H groups in total. The summed E-state index contributed by atoms with van der Waals surface area (Å²) in [5, 5.41) is 3.09. The van der Waals surface area contributed by atoms with Crippen molar-refractivity contribution in [1.82, 2.24) is 10.3 Å². The van der Waals surface area contributed by atoms with Crippen LogP contribution in [0.2, 0.25) is 5.02 Å². The van der Waals surface area contributed by atoms with Crippen molar-refractivity contribution in [3.05, 3.63) is 52.9 Å². The minimum Gasteiger partial charge on any atom is -0.350 e. The fraction of sp³-hybridized carbons (Fsp3) is 0.200. The standard InChI is InChI=1S/C15H14ClFN2O/c1-9(2)19-15(20)11-6-5-10(8-13(11)17)14-12(16)4-3-7-18-14/h3-9H,1-2H3,(H,19,20). The highest BCUT2D eigenvalue weighted by atomic mass is 35.5. The molecule has 0 unspecified atom stereocenters. The van der Waals surface area contributed by atoms with Crippen LogP contribution in [0.1, 0.15) is 24.2 Å². The molecule has 1 aromatic heterocycles. The number of benzene rings is 1. The van der Waals surface area contributed by atoms with Crippen LogP contribution >= 0.6 is 11.6 Å². The van der Waals surface area contributed by atoms with Gasteiger partial charge in [-0.3, -0.25) is 9.78 Å². The van der Waals surface area contributed by atoms with Gasteiger partial charge in [0.25, 0.3) is 5.91 Å². The van der Waals surface area contributed by atoms with Crippen molar-refractivity contribution in [2.45, 2.75) is 19.9 Å². The van der Waals surface area contributed by atoms with Crippen molar-refractivity contribution in [3.8, 4) is 11.3 Å². The zero-order chi connectivity index (χ0) is 14.7. The van der Waals surface area contributed by atoms with Crippen molar-refractivity contribution < 1.29 is 9.18 Å². The minimum absolute atomic E-state index is 0.00880. The lowest BCUT2D eigenvalue weighted by Crippen LogP contribution is -2.30. The topological polar surface area (TPSA) is 42.0 Å². The summed E-state index contributed by atoms with van der Waals surface area (Å²) in [7, 11) is 0. The Hall–Kier alpha value is -1.94. The quantitative estimate of drug-likeness (QED) is 0.937. The second-order valence-corrected chi connectivity index (χ2v) is 5.06. The molecular formula is C15H14ClFN2O. The summed E-state index contributed by atoms with van der Waals surface area (Å²) in [5.41, 5.74) is 1.03. The molecule has 3 nitrogen and oxygen atoms in total. The highest BCUT2D eigenvalue weighted by Gasteiger charge is 2.14. The van der Waals surface area contributed by atoms with Crippen molar-refractivity contribution in [1.29, 1.82) is 0 Å². The van der Waals surface area contributed by atoms with E-state index in [0.717, 1.165) is 0 Å². The lowest BCUT2D eigenvalue weighted by molar-refractivity contribution is 0.0939. The summed E-state index contributed by atoms with van der Waals surface area (Å²) in [5.74, 6) is -1.03. The maximum atomic E-state index is 14.0. The van der Waals surface area contributed by atoms with Gasteiger partial charge < -0.3 is 5.32 Å². The number of rotatable bonds is 3. The number of carbonyl (C=O) groups is 1. The third kappa shape index (κ3) is 3.14. The first-order chi connectivity index (χ1) is 9.49. The van der Waals surface area contributed by atoms with Gasteiger partial charge in [-0.25, -0.2) is 4.39 Å². The normalized spacial score (nSPS) is 10.7. The van der Waals surface area contributed by atoms with Crippen LogP contribution in [0.4, 0.5) is 4.39 Å². The molecule has 0 atom stereocenters. The highest BCUT2D eigenvalue weighted by Crippen LogP contribution is 2.26. The average Bonchev–Trinajstić information content (AvgIpc) is 2.38. The third-order valence-electron chi connectivity index (χ3n) is 2.67. The molecule has 1 heterocycles. The molecule has 0 aliphatic carbocycles. The summed E-state index contributed by atoms with van der Waals surface area (Å²) in [6, 6.07) is 7.67. The maximum absolute atomic E-state index is 14.0. The maximum Gasteiger partial charge on any atom is 0.254 e. The molecule has 0 aliphatic rings. The predicted molar refractivity (Wildman–Crippen MR) is 77.2 cm³/mol. The smallest absolute Gasteiger partial charge is 0.254 e. The molecule has 0 spiro atoms. The first-order valence-corrected chi connectivity index (χ1v) is 6.58. The number of hydrogen-bond acceptors (Lipinski definition) is 2. The molecule has 0 aliphatic heterocycles. The van der Waals surface area contributed by atoms with E-state index in [1.807, 2.05) is 13.8 Å². The number of amides is 1. The number of pyridine rings is 1. The van der Waals surface area contributed by atoms with Crippen LogP contribution in [-0.4, -0.2) is 16.9 Å². The molecule has 1 amide bonds. The van der Waals surface area contributed by atoms with Crippen LogP contribution in [0.15, 0.2) is 36.5 Å². The van der Waals surface area contributed by atoms with Gasteiger partial charge in [-0.2, -0.15) is 0 Å². The molecule has 104 valence electrons. The molecule has 5 heteroatoms. The van der Waals surface area contributed by atoms with Crippen LogP contribution in [0.25, 0.3) is 11.3 Å². The Balaban J connectivity index is 2.36. The molecular weight excluding hydrogens is 279 g/mol. The van der Waals surface area contributed by atoms with E-state index in [9.17, 15) is 9.18 Å². The number of aromatic nitrogens is 1. The Bertz CT molecular complexity index is 644. The summed E-state index contributed by atoms with van der Waals surface area (Å²) >= 11 is 6.02. The SMILES string of the molecule is CC(C)NC(=O)c1ccc(-c2ncccc2Cl)cc1F. The van der Waals surface area contributed by atoms with Gasteiger partial charge >= 0.3 is 0 Å². The minimum atomic E-state index is -0.595. The Kier molecular flexibility index (Phi) is 4.35. The molecule has 0 saturated heterocycles. The number of hydrogen-bond donors (Lipinski definition) is 1. The largest absolute Gasteiger partial charge is 0.350 e. The van der Waals surface area contributed by atoms with Crippen LogP contribution in [0.3, 0.4) is 0 Å². The van der Waals surface area contributed by atoms with Crippen LogP contribution in [0, 0.1) is 5.82 Å². The number of carbonyl (C=O) groups excluding carboxylic acids is 1. The first kappa shape index (κ1) is 14.5. The Labute approximate surface area is 121 Å². The summed E-state index contributed by atoms with van der Waals surface area (Å²) in [6.07, 6.45) is 1.58. The van der Waals surface area contributed by atoms with E-state index in [0.29, 0.717) is 16.3 Å². The van der Waals surface area contributed by atoms with Gasteiger partial charge in [-0.15, -0.1) is 0 Å². The van der Waals surface area contributed by atoms with Gasteiger partial charge in [0.1, 0.15) is 5.82 Å². The third-order valence-corrected chi connectivity index (χ3v) is 2.97. The summed E-state index contributed by atoms with van der Waals surface area (Å²) < 4.78 is 14.0. The Morgan fingerprint density at radius 3 is 2.70 bits per heavy atom. The van der Waals surface area contributed by atoms with Gasteiger partial charge in [0.05, 0.1) is 16.3 Å². The van der Waals surface area contributed by atoms with Crippen molar-refractivity contribution in [3.63, 3.8) is 0 Å². The van der Waals surface area contributed by atoms with Crippen molar-refractivity contribution in [2.75, 3.05) is 0 Å². The lowest BCUT2D eigenvalue weighted by Gasteiger charge is -2.10. The van der Waals surface area contributed by atoms with Gasteiger partial charge in [-0.1, -0.05) is 17.7 Å². The van der Waals surface area contributed by atoms with E-state index >= 15 is 0 Å². The van der Waals surface area contributed by atoms with E-state index < -0.39 is 11.7 Å².